The van der Waals surface area contributed by atoms with Gasteiger partial charge in [0, 0.05) is 11.3 Å². The van der Waals surface area contributed by atoms with Gasteiger partial charge in [-0.25, -0.2) is 14.1 Å². The number of aromatic nitrogens is 3. The van der Waals surface area contributed by atoms with Crippen molar-refractivity contribution in [3.05, 3.63) is 90.7 Å². The van der Waals surface area contributed by atoms with Crippen LogP contribution in [0.25, 0.3) is 17.1 Å². The second-order valence-corrected chi connectivity index (χ2v) is 7.12. The first-order valence-corrected chi connectivity index (χ1v) is 9.94. The summed E-state index contributed by atoms with van der Waals surface area (Å²) in [5.74, 6) is 0.165. The molecule has 0 spiro atoms. The first-order chi connectivity index (χ1) is 14.2. The number of hydrogen-bond acceptors (Lipinski definition) is 4. The van der Waals surface area contributed by atoms with Crippen LogP contribution in [0.4, 0.5) is 10.1 Å². The lowest BCUT2D eigenvalue weighted by Crippen LogP contribution is -2.14. The van der Waals surface area contributed by atoms with Crippen LogP contribution in [0.15, 0.2) is 90.1 Å². The molecular weight excluding hydrogens is 387 g/mol. The van der Waals surface area contributed by atoms with E-state index >= 15 is 0 Å². The summed E-state index contributed by atoms with van der Waals surface area (Å²) in [7, 11) is 0. The molecule has 1 N–H and O–H groups in total. The normalized spacial score (nSPS) is 10.7. The van der Waals surface area contributed by atoms with Crippen molar-refractivity contribution in [1.82, 2.24) is 14.8 Å². The number of carbonyl (C=O) groups excluding carboxylic acids is 1. The van der Waals surface area contributed by atoms with Gasteiger partial charge in [-0.05, 0) is 30.3 Å². The molecule has 4 rings (SSSR count). The number of benzene rings is 3. The molecule has 0 aliphatic rings. The number of amides is 1. The number of nitrogens with one attached hydrogen (secondary N) is 1. The Morgan fingerprint density at radius 1 is 0.966 bits per heavy atom. The first kappa shape index (κ1) is 18.9. The van der Waals surface area contributed by atoms with Gasteiger partial charge in [-0.15, -0.1) is 5.10 Å². The predicted molar refractivity (Wildman–Crippen MR) is 113 cm³/mol. The van der Waals surface area contributed by atoms with E-state index < -0.39 is 5.82 Å². The third-order valence-electron chi connectivity index (χ3n) is 4.06. The molecule has 0 saturated carbocycles. The highest BCUT2D eigenvalue weighted by atomic mass is 32.2. The molecule has 0 aliphatic carbocycles. The van der Waals surface area contributed by atoms with E-state index in [9.17, 15) is 9.18 Å². The van der Waals surface area contributed by atoms with E-state index in [1.807, 2.05) is 60.7 Å². The Bertz CT molecular complexity index is 1060. The van der Waals surface area contributed by atoms with Crippen LogP contribution in [0, 0.1) is 5.82 Å². The highest BCUT2D eigenvalue weighted by Crippen LogP contribution is 2.25. The van der Waals surface area contributed by atoms with Gasteiger partial charge >= 0.3 is 0 Å². The van der Waals surface area contributed by atoms with Crippen molar-refractivity contribution in [3.63, 3.8) is 0 Å². The lowest BCUT2D eigenvalue weighted by molar-refractivity contribution is -0.113. The van der Waals surface area contributed by atoms with E-state index in [4.69, 9.17) is 0 Å². The van der Waals surface area contributed by atoms with Crippen molar-refractivity contribution < 1.29 is 9.18 Å². The van der Waals surface area contributed by atoms with Gasteiger partial charge < -0.3 is 5.32 Å². The second kappa shape index (κ2) is 8.70. The zero-order chi connectivity index (χ0) is 20.1. The number of thioether (sulfide) groups is 1. The Labute approximate surface area is 171 Å². The molecule has 0 unspecified atom stereocenters. The van der Waals surface area contributed by atoms with E-state index in [2.05, 4.69) is 15.4 Å². The van der Waals surface area contributed by atoms with Crippen molar-refractivity contribution in [3.8, 4) is 17.1 Å². The van der Waals surface area contributed by atoms with Gasteiger partial charge in [0.2, 0.25) is 11.1 Å². The zero-order valence-corrected chi connectivity index (χ0v) is 16.1. The van der Waals surface area contributed by atoms with Crippen LogP contribution in [0.2, 0.25) is 0 Å². The zero-order valence-electron chi connectivity index (χ0n) is 15.3. The third kappa shape index (κ3) is 4.70. The molecule has 0 saturated heterocycles. The number of halogens is 1. The summed E-state index contributed by atoms with van der Waals surface area (Å²) in [5.41, 5.74) is 2.23. The summed E-state index contributed by atoms with van der Waals surface area (Å²) in [6, 6.07) is 25.3. The highest BCUT2D eigenvalue weighted by molar-refractivity contribution is 7.99. The molecular formula is C22H17FN4OS. The molecule has 144 valence electrons. The summed E-state index contributed by atoms with van der Waals surface area (Å²) in [6.45, 7) is 0. The van der Waals surface area contributed by atoms with E-state index in [-0.39, 0.29) is 11.7 Å². The molecule has 0 atom stereocenters. The summed E-state index contributed by atoms with van der Waals surface area (Å²) in [4.78, 5) is 16.8. The Morgan fingerprint density at radius 3 is 2.41 bits per heavy atom. The van der Waals surface area contributed by atoms with Crippen molar-refractivity contribution in [2.75, 3.05) is 11.1 Å². The Morgan fingerprint density at radius 2 is 1.69 bits per heavy atom. The van der Waals surface area contributed by atoms with Gasteiger partial charge in [0.1, 0.15) is 5.82 Å². The van der Waals surface area contributed by atoms with Crippen molar-refractivity contribution in [2.45, 2.75) is 5.16 Å². The van der Waals surface area contributed by atoms with Crippen molar-refractivity contribution in [2.24, 2.45) is 0 Å². The standard InChI is InChI=1S/C22H17FN4OS/c23-17-10-7-11-18(14-17)24-20(28)15-29-22-25-21(16-8-3-1-4-9-16)27(26-22)19-12-5-2-6-13-19/h1-14H,15H2,(H,24,28). The number of para-hydroxylation sites is 1. The molecule has 0 radical (unpaired) electrons. The summed E-state index contributed by atoms with van der Waals surface area (Å²) in [5, 5.41) is 7.74. The molecule has 1 amide bonds. The van der Waals surface area contributed by atoms with E-state index in [1.54, 1.807) is 16.8 Å². The highest BCUT2D eigenvalue weighted by Gasteiger charge is 2.15. The van der Waals surface area contributed by atoms with E-state index in [0.717, 1.165) is 11.3 Å². The van der Waals surface area contributed by atoms with Gasteiger partial charge in [-0.1, -0.05) is 66.4 Å². The van der Waals surface area contributed by atoms with E-state index in [1.165, 1.54) is 23.9 Å². The van der Waals surface area contributed by atoms with Crippen LogP contribution >= 0.6 is 11.8 Å². The average Bonchev–Trinajstić information content (AvgIpc) is 3.18. The number of hydrogen-bond donors (Lipinski definition) is 1. The van der Waals surface area contributed by atoms with Crippen LogP contribution in [0.3, 0.4) is 0 Å². The van der Waals surface area contributed by atoms with Crippen LogP contribution in [-0.4, -0.2) is 26.4 Å². The topological polar surface area (TPSA) is 59.8 Å². The molecule has 1 heterocycles. The molecule has 5 nitrogen and oxygen atoms in total. The maximum atomic E-state index is 13.3. The van der Waals surface area contributed by atoms with Gasteiger partial charge in [0.05, 0.1) is 11.4 Å². The molecule has 3 aromatic carbocycles. The Kier molecular flexibility index (Phi) is 5.67. The van der Waals surface area contributed by atoms with Crippen LogP contribution < -0.4 is 5.32 Å². The van der Waals surface area contributed by atoms with Gasteiger partial charge in [0.25, 0.3) is 0 Å². The Balaban J connectivity index is 1.53. The SMILES string of the molecule is O=C(CSc1nc(-c2ccccc2)n(-c2ccccc2)n1)Nc1cccc(F)c1. The molecule has 29 heavy (non-hydrogen) atoms. The molecule has 4 aromatic rings. The fourth-order valence-corrected chi connectivity index (χ4v) is 3.39. The smallest absolute Gasteiger partial charge is 0.234 e. The first-order valence-electron chi connectivity index (χ1n) is 8.95. The minimum absolute atomic E-state index is 0.115. The maximum absolute atomic E-state index is 13.3. The van der Waals surface area contributed by atoms with Gasteiger partial charge in [0.15, 0.2) is 5.82 Å². The lowest BCUT2D eigenvalue weighted by atomic mass is 10.2. The summed E-state index contributed by atoms with van der Waals surface area (Å²) < 4.78 is 15.0. The van der Waals surface area contributed by atoms with Crippen molar-refractivity contribution in [1.29, 1.82) is 0 Å². The number of carbonyl (C=O) groups is 1. The largest absolute Gasteiger partial charge is 0.325 e. The van der Waals surface area contributed by atoms with Crippen molar-refractivity contribution >= 4 is 23.4 Å². The average molecular weight is 404 g/mol. The molecule has 0 fully saturated rings. The minimum atomic E-state index is -0.397. The Hall–Kier alpha value is -3.45. The molecule has 1 aromatic heterocycles. The van der Waals surface area contributed by atoms with Gasteiger partial charge in [-0.2, -0.15) is 0 Å². The van der Waals surface area contributed by atoms with E-state index in [0.29, 0.717) is 16.7 Å². The number of anilines is 1. The molecule has 7 heteroatoms. The molecule has 0 bridgehead atoms. The molecule has 0 aliphatic heterocycles. The number of nitrogens with zero attached hydrogens (tertiary/aromatic N) is 3. The number of rotatable bonds is 6. The quantitative estimate of drug-likeness (QED) is 0.469. The lowest BCUT2D eigenvalue weighted by Gasteiger charge is -2.05. The van der Waals surface area contributed by atoms with Gasteiger partial charge in [-0.3, -0.25) is 4.79 Å². The second-order valence-electron chi connectivity index (χ2n) is 6.18. The maximum Gasteiger partial charge on any atom is 0.234 e. The van der Waals surface area contributed by atoms with Crippen LogP contribution in [0.5, 0.6) is 0 Å². The minimum Gasteiger partial charge on any atom is -0.325 e. The summed E-state index contributed by atoms with van der Waals surface area (Å²) in [6.07, 6.45) is 0. The van der Waals surface area contributed by atoms with Crippen LogP contribution in [0.1, 0.15) is 0 Å². The third-order valence-corrected chi connectivity index (χ3v) is 4.90. The van der Waals surface area contributed by atoms with Crippen LogP contribution in [-0.2, 0) is 4.79 Å². The monoisotopic (exact) mass is 404 g/mol. The predicted octanol–water partition coefficient (Wildman–Crippen LogP) is 4.80. The fourth-order valence-electron chi connectivity index (χ4n) is 2.77. The summed E-state index contributed by atoms with van der Waals surface area (Å²) >= 11 is 1.23. The fraction of sp³-hybridized carbons (Fsp3) is 0.0455.